The standard InChI is InChI=1S/C14H21BrN2/c1-10-7-11(2)14(13(15)8-10)16-12-5-4-6-17(3)9-12/h7-8,12,16H,4-6,9H2,1-3H3. The molecule has 0 radical (unpaired) electrons. The van der Waals surface area contributed by atoms with Gasteiger partial charge in [0.1, 0.15) is 0 Å². The summed E-state index contributed by atoms with van der Waals surface area (Å²) in [5.74, 6) is 0. The van der Waals surface area contributed by atoms with Crippen molar-refractivity contribution in [1.29, 1.82) is 0 Å². The zero-order chi connectivity index (χ0) is 12.4. The van der Waals surface area contributed by atoms with Crippen molar-refractivity contribution in [2.24, 2.45) is 0 Å². The molecule has 1 aromatic carbocycles. The molecule has 94 valence electrons. The molecule has 1 unspecified atom stereocenters. The summed E-state index contributed by atoms with van der Waals surface area (Å²) in [6.07, 6.45) is 2.56. The Morgan fingerprint density at radius 3 is 2.76 bits per heavy atom. The quantitative estimate of drug-likeness (QED) is 0.897. The van der Waals surface area contributed by atoms with E-state index in [0.717, 1.165) is 6.54 Å². The van der Waals surface area contributed by atoms with Gasteiger partial charge in [-0.25, -0.2) is 0 Å². The number of halogens is 1. The Balaban J connectivity index is 2.12. The summed E-state index contributed by atoms with van der Waals surface area (Å²) in [5, 5.41) is 3.69. The third-order valence-corrected chi connectivity index (χ3v) is 4.03. The van der Waals surface area contributed by atoms with Gasteiger partial charge in [-0.3, -0.25) is 0 Å². The Kier molecular flexibility index (Phi) is 4.10. The van der Waals surface area contributed by atoms with Crippen LogP contribution in [0.2, 0.25) is 0 Å². The van der Waals surface area contributed by atoms with Crippen LogP contribution in [0.25, 0.3) is 0 Å². The minimum absolute atomic E-state index is 0.575. The number of benzene rings is 1. The summed E-state index contributed by atoms with van der Waals surface area (Å²) in [6, 6.07) is 4.99. The summed E-state index contributed by atoms with van der Waals surface area (Å²) in [5.41, 5.74) is 3.89. The minimum Gasteiger partial charge on any atom is -0.380 e. The maximum Gasteiger partial charge on any atom is 0.0517 e. The zero-order valence-corrected chi connectivity index (χ0v) is 12.5. The molecule has 17 heavy (non-hydrogen) atoms. The number of hydrogen-bond donors (Lipinski definition) is 1. The molecular weight excluding hydrogens is 276 g/mol. The molecule has 0 bridgehead atoms. The molecule has 1 aliphatic rings. The summed E-state index contributed by atoms with van der Waals surface area (Å²) in [4.78, 5) is 2.40. The fraction of sp³-hybridized carbons (Fsp3) is 0.571. The van der Waals surface area contributed by atoms with Gasteiger partial charge in [-0.15, -0.1) is 0 Å². The van der Waals surface area contributed by atoms with Gasteiger partial charge in [0, 0.05) is 17.1 Å². The Morgan fingerprint density at radius 2 is 2.12 bits per heavy atom. The molecule has 0 amide bonds. The summed E-state index contributed by atoms with van der Waals surface area (Å²) in [7, 11) is 2.20. The van der Waals surface area contributed by atoms with Gasteiger partial charge in [0.25, 0.3) is 0 Å². The first-order chi connectivity index (χ1) is 8.06. The highest BCUT2D eigenvalue weighted by Crippen LogP contribution is 2.29. The Bertz CT molecular complexity index is 380. The smallest absolute Gasteiger partial charge is 0.0517 e. The molecule has 2 nitrogen and oxygen atoms in total. The van der Waals surface area contributed by atoms with Crippen molar-refractivity contribution in [2.75, 3.05) is 25.5 Å². The highest BCUT2D eigenvalue weighted by molar-refractivity contribution is 9.10. The number of likely N-dealkylation sites (tertiary alicyclic amines) is 1. The van der Waals surface area contributed by atoms with Gasteiger partial charge in [0.15, 0.2) is 0 Å². The maximum atomic E-state index is 3.69. The van der Waals surface area contributed by atoms with Crippen molar-refractivity contribution in [3.63, 3.8) is 0 Å². The van der Waals surface area contributed by atoms with Gasteiger partial charge in [-0.1, -0.05) is 6.07 Å². The molecule has 0 aliphatic carbocycles. The number of rotatable bonds is 2. The highest BCUT2D eigenvalue weighted by Gasteiger charge is 2.18. The molecule has 1 aliphatic heterocycles. The maximum absolute atomic E-state index is 3.69. The van der Waals surface area contributed by atoms with E-state index >= 15 is 0 Å². The molecule has 3 heteroatoms. The van der Waals surface area contributed by atoms with Crippen molar-refractivity contribution >= 4 is 21.6 Å². The van der Waals surface area contributed by atoms with Crippen LogP contribution in [0.1, 0.15) is 24.0 Å². The Labute approximate surface area is 113 Å². The summed E-state index contributed by atoms with van der Waals surface area (Å²) < 4.78 is 1.18. The Hall–Kier alpha value is -0.540. The number of nitrogens with zero attached hydrogens (tertiary/aromatic N) is 1. The van der Waals surface area contributed by atoms with Gasteiger partial charge in [0.2, 0.25) is 0 Å². The molecule has 1 saturated heterocycles. The second-order valence-corrected chi connectivity index (χ2v) is 6.04. The first-order valence-electron chi connectivity index (χ1n) is 6.28. The van der Waals surface area contributed by atoms with E-state index in [1.165, 1.54) is 40.7 Å². The van der Waals surface area contributed by atoms with Crippen LogP contribution in [-0.2, 0) is 0 Å². The zero-order valence-electron chi connectivity index (χ0n) is 10.9. The lowest BCUT2D eigenvalue weighted by atomic mass is 10.0. The van der Waals surface area contributed by atoms with E-state index in [-0.39, 0.29) is 0 Å². The van der Waals surface area contributed by atoms with Crippen LogP contribution in [0.4, 0.5) is 5.69 Å². The molecule has 2 rings (SSSR count). The van der Waals surface area contributed by atoms with E-state index in [1.807, 2.05) is 0 Å². The van der Waals surface area contributed by atoms with Crippen molar-refractivity contribution in [3.8, 4) is 0 Å². The first kappa shape index (κ1) is 12.9. The largest absolute Gasteiger partial charge is 0.380 e. The average molecular weight is 297 g/mol. The van der Waals surface area contributed by atoms with E-state index < -0.39 is 0 Å². The van der Waals surface area contributed by atoms with Crippen LogP contribution in [0.3, 0.4) is 0 Å². The lowest BCUT2D eigenvalue weighted by Crippen LogP contribution is -2.39. The van der Waals surface area contributed by atoms with Gasteiger partial charge in [-0.05, 0) is 73.4 Å². The lowest BCUT2D eigenvalue weighted by Gasteiger charge is -2.31. The van der Waals surface area contributed by atoms with E-state index in [0.29, 0.717) is 6.04 Å². The van der Waals surface area contributed by atoms with Crippen LogP contribution in [0.15, 0.2) is 16.6 Å². The predicted octanol–water partition coefficient (Wildman–Crippen LogP) is 3.57. The second-order valence-electron chi connectivity index (χ2n) is 5.18. The van der Waals surface area contributed by atoms with Crippen LogP contribution < -0.4 is 5.32 Å². The van der Waals surface area contributed by atoms with Gasteiger partial charge in [-0.2, -0.15) is 0 Å². The van der Waals surface area contributed by atoms with Gasteiger partial charge >= 0.3 is 0 Å². The van der Waals surface area contributed by atoms with Crippen LogP contribution in [0, 0.1) is 13.8 Å². The molecule has 0 saturated carbocycles. The fourth-order valence-corrected chi connectivity index (χ4v) is 3.38. The predicted molar refractivity (Wildman–Crippen MR) is 77.8 cm³/mol. The van der Waals surface area contributed by atoms with E-state index in [1.54, 1.807) is 0 Å². The first-order valence-corrected chi connectivity index (χ1v) is 7.07. The number of aryl methyl sites for hydroxylation is 2. The van der Waals surface area contributed by atoms with Crippen molar-refractivity contribution in [1.82, 2.24) is 4.90 Å². The SMILES string of the molecule is Cc1cc(C)c(NC2CCCN(C)C2)c(Br)c1. The lowest BCUT2D eigenvalue weighted by molar-refractivity contribution is 0.261. The average Bonchev–Trinajstić information content (AvgIpc) is 2.23. The Morgan fingerprint density at radius 1 is 1.35 bits per heavy atom. The van der Waals surface area contributed by atoms with Crippen molar-refractivity contribution < 1.29 is 0 Å². The molecule has 1 heterocycles. The summed E-state index contributed by atoms with van der Waals surface area (Å²) in [6.45, 7) is 6.68. The van der Waals surface area contributed by atoms with E-state index in [2.05, 4.69) is 59.2 Å². The van der Waals surface area contributed by atoms with Crippen LogP contribution >= 0.6 is 15.9 Å². The molecule has 0 spiro atoms. The number of hydrogen-bond acceptors (Lipinski definition) is 2. The monoisotopic (exact) mass is 296 g/mol. The van der Waals surface area contributed by atoms with Crippen molar-refractivity contribution in [3.05, 3.63) is 27.7 Å². The molecule has 1 aromatic rings. The van der Waals surface area contributed by atoms with Crippen LogP contribution in [0.5, 0.6) is 0 Å². The van der Waals surface area contributed by atoms with Gasteiger partial charge < -0.3 is 10.2 Å². The van der Waals surface area contributed by atoms with Crippen molar-refractivity contribution in [2.45, 2.75) is 32.7 Å². The number of piperidine rings is 1. The van der Waals surface area contributed by atoms with Crippen LogP contribution in [-0.4, -0.2) is 31.1 Å². The normalized spacial score (nSPS) is 21.5. The second kappa shape index (κ2) is 5.40. The number of nitrogens with one attached hydrogen (secondary N) is 1. The fourth-order valence-electron chi connectivity index (χ4n) is 2.59. The number of likely N-dealkylation sites (N-methyl/N-ethyl adjacent to an activating group) is 1. The molecule has 1 fully saturated rings. The molecule has 1 atom stereocenters. The van der Waals surface area contributed by atoms with Gasteiger partial charge in [0.05, 0.1) is 5.69 Å². The molecule has 1 N–H and O–H groups in total. The van der Waals surface area contributed by atoms with E-state index in [4.69, 9.17) is 0 Å². The molecular formula is C14H21BrN2. The summed E-state index contributed by atoms with van der Waals surface area (Å²) >= 11 is 3.66. The highest BCUT2D eigenvalue weighted by atomic mass is 79.9. The third-order valence-electron chi connectivity index (χ3n) is 3.40. The molecule has 0 aromatic heterocycles. The topological polar surface area (TPSA) is 15.3 Å². The minimum atomic E-state index is 0.575. The third kappa shape index (κ3) is 3.23. The van der Waals surface area contributed by atoms with E-state index in [9.17, 15) is 0 Å². The number of anilines is 1.